The molecule has 8 atom stereocenters. The average molecular weight is 635 g/mol. The second-order valence-corrected chi connectivity index (χ2v) is 14.3. The molecule has 2 heterocycles. The van der Waals surface area contributed by atoms with E-state index in [4.69, 9.17) is 14.6 Å². The van der Waals surface area contributed by atoms with E-state index >= 15 is 0 Å². The number of esters is 1. The van der Waals surface area contributed by atoms with E-state index in [1.807, 2.05) is 18.3 Å². The Morgan fingerprint density at radius 3 is 2.82 bits per heavy atom. The molecule has 2 unspecified atom stereocenters. The molecule has 0 bridgehead atoms. The highest BCUT2D eigenvalue weighted by Crippen LogP contribution is 2.69. The number of allylic oxidation sites excluding steroid dienone is 3. The third-order valence-electron chi connectivity index (χ3n) is 11.1. The SMILES string of the molecule is C[C@H]1C[C@@H]2C([C@@H](O)C[C@@]3(C)C2CC[C@]3(OC(=O)c2cocn2)C(=O)SCC#N)[C@@]2(C)CC(C=N)=C([NH2+]c3ccc(F)nc3)C=C12. The Hall–Kier alpha value is -3.66. The number of nitrogens with zero attached hydrogens (tertiary/aromatic N) is 3. The lowest BCUT2D eigenvalue weighted by atomic mass is 9.44. The van der Waals surface area contributed by atoms with Crippen molar-refractivity contribution in [2.75, 3.05) is 5.75 Å². The molecule has 4 aliphatic rings. The Bertz CT molecular complexity index is 1620. The first-order chi connectivity index (χ1) is 21.5. The zero-order valence-corrected chi connectivity index (χ0v) is 26.3. The van der Waals surface area contributed by atoms with Gasteiger partial charge in [0.1, 0.15) is 12.0 Å². The molecule has 6 rings (SSSR count). The van der Waals surface area contributed by atoms with E-state index in [2.05, 4.69) is 29.9 Å². The number of pyridine rings is 1. The summed E-state index contributed by atoms with van der Waals surface area (Å²) in [4.78, 5) is 34.9. The Morgan fingerprint density at radius 2 is 2.16 bits per heavy atom. The van der Waals surface area contributed by atoms with Crippen LogP contribution in [-0.4, -0.2) is 49.8 Å². The summed E-state index contributed by atoms with van der Waals surface area (Å²) in [7, 11) is 0. The number of halogens is 1. The predicted molar refractivity (Wildman–Crippen MR) is 162 cm³/mol. The van der Waals surface area contributed by atoms with Crippen molar-refractivity contribution in [2.24, 2.45) is 34.5 Å². The van der Waals surface area contributed by atoms with E-state index in [0.29, 0.717) is 12.8 Å². The van der Waals surface area contributed by atoms with Crippen molar-refractivity contribution >= 4 is 34.7 Å². The molecule has 0 aliphatic heterocycles. The van der Waals surface area contributed by atoms with Crippen LogP contribution in [0.2, 0.25) is 0 Å². The van der Waals surface area contributed by atoms with Crippen LogP contribution in [0.4, 0.5) is 10.1 Å². The Balaban J connectivity index is 1.35. The van der Waals surface area contributed by atoms with Crippen LogP contribution < -0.4 is 5.32 Å². The number of quaternary nitrogens is 1. The largest absolute Gasteiger partial charge is 0.451 e. The maximum atomic E-state index is 13.9. The van der Waals surface area contributed by atoms with Crippen LogP contribution in [-0.2, 0) is 9.53 Å². The highest BCUT2D eigenvalue weighted by atomic mass is 32.2. The second-order valence-electron chi connectivity index (χ2n) is 13.4. The van der Waals surface area contributed by atoms with Gasteiger partial charge in [-0.2, -0.15) is 9.65 Å². The fourth-order valence-corrected chi connectivity index (χ4v) is 10.2. The van der Waals surface area contributed by atoms with Gasteiger partial charge < -0.3 is 19.7 Å². The number of oxazole rings is 1. The lowest BCUT2D eigenvalue weighted by Crippen LogP contribution is -2.76. The van der Waals surface area contributed by atoms with Crippen LogP contribution in [0.1, 0.15) is 63.4 Å². The maximum Gasteiger partial charge on any atom is 0.361 e. The molecule has 0 spiro atoms. The Labute approximate surface area is 265 Å². The second kappa shape index (κ2) is 11.6. The van der Waals surface area contributed by atoms with Crippen LogP contribution >= 0.6 is 11.8 Å². The number of aliphatic hydroxyl groups is 1. The number of ether oxygens (including phenoxy) is 1. The highest BCUT2D eigenvalue weighted by molar-refractivity contribution is 8.14. The number of nitriles is 1. The quantitative estimate of drug-likeness (QED) is 0.226. The number of nitrogens with one attached hydrogen (secondary N) is 1. The molecule has 4 aliphatic carbocycles. The molecule has 45 heavy (non-hydrogen) atoms. The van der Waals surface area contributed by atoms with Crippen molar-refractivity contribution in [1.82, 2.24) is 9.97 Å². The predicted octanol–water partition coefficient (Wildman–Crippen LogP) is 4.48. The number of thioether (sulfide) groups is 1. The van der Waals surface area contributed by atoms with Gasteiger partial charge >= 0.3 is 5.97 Å². The fraction of sp³-hybridized carbons (Fsp3) is 0.515. The van der Waals surface area contributed by atoms with E-state index in [0.717, 1.165) is 41.5 Å². The van der Waals surface area contributed by atoms with E-state index in [1.54, 1.807) is 6.07 Å². The highest BCUT2D eigenvalue weighted by Gasteiger charge is 2.71. The van der Waals surface area contributed by atoms with Gasteiger partial charge in [0.2, 0.25) is 11.1 Å². The number of carbonyl (C=O) groups is 2. The van der Waals surface area contributed by atoms with Gasteiger partial charge in [0, 0.05) is 23.3 Å². The number of aliphatic hydroxyl groups excluding tert-OH is 1. The molecule has 2 aromatic heterocycles. The van der Waals surface area contributed by atoms with Crippen molar-refractivity contribution < 1.29 is 33.6 Å². The van der Waals surface area contributed by atoms with Crippen LogP contribution in [0.25, 0.3) is 0 Å². The van der Waals surface area contributed by atoms with Gasteiger partial charge in [0.25, 0.3) is 0 Å². The summed E-state index contributed by atoms with van der Waals surface area (Å²) in [6.07, 6.45) is 8.95. The molecule has 0 radical (unpaired) electrons. The number of hydrogen-bond donors (Lipinski definition) is 3. The molecular weight excluding hydrogens is 597 g/mol. The molecule has 2 aromatic rings. The van der Waals surface area contributed by atoms with Crippen LogP contribution in [0.15, 0.2) is 58.3 Å². The lowest BCUT2D eigenvalue weighted by molar-refractivity contribution is -0.513. The summed E-state index contributed by atoms with van der Waals surface area (Å²) < 4.78 is 24.6. The number of hydrogen-bond acceptors (Lipinski definition) is 10. The molecule has 0 amide bonds. The third-order valence-corrected chi connectivity index (χ3v) is 12.0. The topological polar surface area (TPSA) is 167 Å². The summed E-state index contributed by atoms with van der Waals surface area (Å²) in [6, 6.07) is 4.98. The minimum Gasteiger partial charge on any atom is -0.451 e. The number of nitrogens with two attached hydrogens (primary N) is 1. The van der Waals surface area contributed by atoms with E-state index in [9.17, 15) is 24.3 Å². The van der Waals surface area contributed by atoms with Crippen molar-refractivity contribution in [3.05, 3.63) is 65.5 Å². The lowest BCUT2D eigenvalue weighted by Gasteiger charge is -2.61. The summed E-state index contributed by atoms with van der Waals surface area (Å²) in [5, 5.41) is 31.2. The molecule has 0 aromatic carbocycles. The first kappa shape index (κ1) is 31.3. The van der Waals surface area contributed by atoms with Crippen molar-refractivity contribution in [1.29, 1.82) is 10.7 Å². The minimum absolute atomic E-state index is 0.0242. The molecule has 0 saturated heterocycles. The minimum atomic E-state index is -1.54. The van der Waals surface area contributed by atoms with E-state index in [1.165, 1.54) is 30.3 Å². The Morgan fingerprint density at radius 1 is 1.36 bits per heavy atom. The Kier molecular flexibility index (Phi) is 8.08. The average Bonchev–Trinajstić information content (AvgIpc) is 3.64. The van der Waals surface area contributed by atoms with Crippen molar-refractivity contribution in [3.8, 4) is 6.07 Å². The van der Waals surface area contributed by atoms with E-state index < -0.39 is 34.5 Å². The number of carbonyl (C=O) groups excluding carboxylic acids is 2. The van der Waals surface area contributed by atoms with Crippen LogP contribution in [0.5, 0.6) is 0 Å². The summed E-state index contributed by atoms with van der Waals surface area (Å²) >= 11 is 0.848. The monoisotopic (exact) mass is 634 g/mol. The van der Waals surface area contributed by atoms with Gasteiger partial charge in [-0.15, -0.1) is 0 Å². The zero-order valence-electron chi connectivity index (χ0n) is 25.5. The first-order valence-electron chi connectivity index (χ1n) is 15.2. The molecular formula is C33H37FN5O5S+. The number of aromatic nitrogens is 2. The van der Waals surface area contributed by atoms with E-state index in [-0.39, 0.29) is 53.1 Å². The van der Waals surface area contributed by atoms with Crippen LogP contribution in [0, 0.1) is 57.2 Å². The van der Waals surface area contributed by atoms with Crippen LogP contribution in [0.3, 0.4) is 0 Å². The normalized spacial score (nSPS) is 35.4. The van der Waals surface area contributed by atoms with Gasteiger partial charge in [-0.05, 0) is 73.3 Å². The van der Waals surface area contributed by atoms with Gasteiger partial charge in [-0.3, -0.25) is 10.1 Å². The van der Waals surface area contributed by atoms with Gasteiger partial charge in [-0.1, -0.05) is 38.1 Å². The van der Waals surface area contributed by atoms with Gasteiger partial charge in [0.15, 0.2) is 23.4 Å². The number of fused-ring (bicyclic) bond motifs is 5. The summed E-state index contributed by atoms with van der Waals surface area (Å²) in [5.41, 5.74) is 0.737. The maximum absolute atomic E-state index is 13.9. The molecule has 3 fully saturated rings. The van der Waals surface area contributed by atoms with Crippen molar-refractivity contribution in [3.63, 3.8) is 0 Å². The first-order valence-corrected chi connectivity index (χ1v) is 16.2. The molecule has 236 valence electrons. The standard InChI is InChI=1S/C33H36FN5O5S/c1-18-10-21-22-6-7-33(30(42)45-9-8-35,44-29(41)25-16-43-17-38-25)32(22,3)13-26(40)28(21)31(2)12-19(14-36)24(11-23(18)31)39-20-4-5-27(34)37-15-20/h4-5,11,14-18,21-22,26,28,36,39-40H,6-7,9-10,12-13H2,1-3H3/p+1/t18-,21-,22?,26-,28?,31-,32-,33-/m0/s1. The molecule has 3 saturated carbocycles. The zero-order chi connectivity index (χ0) is 32.1. The molecule has 4 N–H and O–H groups in total. The number of rotatable bonds is 7. The fourth-order valence-electron chi connectivity index (χ4n) is 9.35. The summed E-state index contributed by atoms with van der Waals surface area (Å²) in [5.74, 6) is -1.41. The van der Waals surface area contributed by atoms with Gasteiger partial charge in [0.05, 0.1) is 24.1 Å². The third kappa shape index (κ3) is 4.96. The molecule has 10 nitrogen and oxygen atoms in total. The summed E-state index contributed by atoms with van der Waals surface area (Å²) in [6.45, 7) is 6.32. The smallest absolute Gasteiger partial charge is 0.361 e. The van der Waals surface area contributed by atoms with Crippen molar-refractivity contribution in [2.45, 2.75) is 64.6 Å². The molecule has 12 heteroatoms. The van der Waals surface area contributed by atoms with Gasteiger partial charge in [-0.25, -0.2) is 14.8 Å².